The van der Waals surface area contributed by atoms with E-state index in [0.717, 1.165) is 0 Å². The maximum atomic E-state index is 12.4. The number of hydrogen-bond donors (Lipinski definition) is 3. The van der Waals surface area contributed by atoms with Crippen molar-refractivity contribution in [2.45, 2.75) is 6.54 Å². The van der Waals surface area contributed by atoms with Crippen molar-refractivity contribution in [3.8, 4) is 17.2 Å². The lowest BCUT2D eigenvalue weighted by Crippen LogP contribution is -2.35. The monoisotopic (exact) mass is 463 g/mol. The van der Waals surface area contributed by atoms with Gasteiger partial charge in [0.25, 0.3) is 0 Å². The number of carbonyl (C=O) groups is 1. The largest absolute Gasteiger partial charge is 0.490 e. The van der Waals surface area contributed by atoms with Crippen LogP contribution >= 0.6 is 0 Å². The Morgan fingerprint density at radius 3 is 2.73 bits per heavy atom. The molecule has 1 amide bonds. The summed E-state index contributed by atoms with van der Waals surface area (Å²) in [5.41, 5.74) is 5.47. The Bertz CT molecular complexity index is 982. The molecule has 0 atom stereocenters. The third-order valence-corrected chi connectivity index (χ3v) is 4.47. The minimum atomic E-state index is -0.590. The van der Waals surface area contributed by atoms with Crippen LogP contribution in [0.2, 0.25) is 0 Å². The van der Waals surface area contributed by atoms with Crippen LogP contribution in [0, 0.1) is 0 Å². The summed E-state index contributed by atoms with van der Waals surface area (Å²) in [6.07, 6.45) is 1.45. The van der Waals surface area contributed by atoms with E-state index in [1.807, 2.05) is 0 Å². The number of carbonyl (C=O) groups excluding carboxylic acids is 1. The zero-order valence-corrected chi connectivity index (χ0v) is 18.5. The van der Waals surface area contributed by atoms with Gasteiger partial charge < -0.3 is 40.1 Å². The van der Waals surface area contributed by atoms with Gasteiger partial charge in [-0.3, -0.25) is 9.36 Å². The van der Waals surface area contributed by atoms with Gasteiger partial charge in [0.1, 0.15) is 24.6 Å². The zero-order valence-electron chi connectivity index (χ0n) is 18.5. The molecule has 12 heteroatoms. The topological polar surface area (TPSA) is 148 Å². The number of nitrogens with one attached hydrogen (secondary N) is 2. The molecular weight excluding hydrogens is 434 g/mol. The number of anilines is 2. The van der Waals surface area contributed by atoms with Gasteiger partial charge in [0.05, 0.1) is 39.2 Å². The fourth-order valence-corrected chi connectivity index (χ4v) is 2.93. The van der Waals surface area contributed by atoms with Crippen molar-refractivity contribution in [1.29, 1.82) is 0 Å². The second-order valence-electron chi connectivity index (χ2n) is 6.93. The average Bonchev–Trinajstić information content (AvgIpc) is 2.81. The Morgan fingerprint density at radius 2 is 1.94 bits per heavy atom. The molecule has 0 saturated carbocycles. The molecule has 0 fully saturated rings. The number of para-hydroxylation sites is 1. The number of fused-ring (bicyclic) bond motifs is 2. The van der Waals surface area contributed by atoms with Crippen molar-refractivity contribution < 1.29 is 28.5 Å². The summed E-state index contributed by atoms with van der Waals surface area (Å²) >= 11 is 0. The van der Waals surface area contributed by atoms with E-state index in [-0.39, 0.29) is 18.3 Å². The quantitative estimate of drug-likeness (QED) is 0.284. The molecule has 0 bridgehead atoms. The highest BCUT2D eigenvalue weighted by molar-refractivity contribution is 5.78. The molecule has 3 rings (SSSR count). The van der Waals surface area contributed by atoms with Crippen molar-refractivity contribution in [2.24, 2.45) is 5.73 Å². The molecule has 1 aliphatic rings. The number of nitrogens with zero attached hydrogens (tertiary/aromatic N) is 2. The maximum absolute atomic E-state index is 12.4. The molecule has 12 nitrogen and oxygen atoms in total. The molecule has 1 aliphatic heterocycles. The minimum absolute atomic E-state index is 0.199. The smallest absolute Gasteiger partial charge is 0.350 e. The molecule has 0 spiro atoms. The first kappa shape index (κ1) is 24.5. The van der Waals surface area contributed by atoms with Gasteiger partial charge in [-0.05, 0) is 12.1 Å². The number of nitrogens with two attached hydrogens (primary N) is 1. The minimum Gasteiger partial charge on any atom is -0.490 e. The van der Waals surface area contributed by atoms with Crippen LogP contribution in [0.5, 0.6) is 17.2 Å². The molecule has 0 aliphatic carbocycles. The van der Waals surface area contributed by atoms with Crippen molar-refractivity contribution in [3.63, 3.8) is 0 Å². The fourth-order valence-electron chi connectivity index (χ4n) is 2.93. The first-order chi connectivity index (χ1) is 16.1. The highest BCUT2D eigenvalue weighted by atomic mass is 16.5. The van der Waals surface area contributed by atoms with Gasteiger partial charge in [0.2, 0.25) is 5.91 Å². The van der Waals surface area contributed by atoms with Crippen LogP contribution < -0.4 is 31.5 Å². The van der Waals surface area contributed by atoms with Crippen LogP contribution in [0.25, 0.3) is 0 Å². The van der Waals surface area contributed by atoms with Crippen molar-refractivity contribution in [1.82, 2.24) is 14.9 Å². The number of hydrogen-bond acceptors (Lipinski definition) is 10. The van der Waals surface area contributed by atoms with Crippen LogP contribution in [-0.2, 0) is 25.5 Å². The lowest BCUT2D eigenvalue weighted by Gasteiger charge is -2.23. The fraction of sp³-hybridized carbons (Fsp3) is 0.476. The third kappa shape index (κ3) is 7.15. The number of methoxy groups -OCH3 is 1. The highest BCUT2D eigenvalue weighted by Gasteiger charge is 2.23. The van der Waals surface area contributed by atoms with Crippen LogP contribution in [-0.4, -0.2) is 75.3 Å². The van der Waals surface area contributed by atoms with Crippen molar-refractivity contribution in [2.75, 3.05) is 65.2 Å². The predicted octanol–water partition coefficient (Wildman–Crippen LogP) is 0.226. The van der Waals surface area contributed by atoms with Gasteiger partial charge in [0, 0.05) is 20.2 Å². The Balaban J connectivity index is 1.49. The summed E-state index contributed by atoms with van der Waals surface area (Å²) in [5.74, 6) is 1.27. The molecule has 4 N–H and O–H groups in total. The van der Waals surface area contributed by atoms with Gasteiger partial charge in [0.15, 0.2) is 17.3 Å². The van der Waals surface area contributed by atoms with E-state index in [1.54, 1.807) is 25.3 Å². The third-order valence-electron chi connectivity index (χ3n) is 4.47. The molecule has 2 aromatic rings. The lowest BCUT2D eigenvalue weighted by molar-refractivity contribution is -0.122. The van der Waals surface area contributed by atoms with Gasteiger partial charge in [-0.1, -0.05) is 6.07 Å². The van der Waals surface area contributed by atoms with Crippen LogP contribution in [0.1, 0.15) is 0 Å². The van der Waals surface area contributed by atoms with Crippen LogP contribution in [0.3, 0.4) is 0 Å². The van der Waals surface area contributed by atoms with E-state index in [1.165, 1.54) is 10.8 Å². The molecule has 0 saturated heterocycles. The molecule has 2 heterocycles. The standard InChI is InChI=1S/C21H29N5O7/c1-29-9-10-31-12-11-30-8-6-23-18(27)14-26-13-17-20(25-21(26)28)24-19-15(32-7-5-22)3-2-4-16(19)33-17/h2-4,13H,5-12,14,22H2,1H3,(H,23,27)(H,24,25,28). The zero-order chi connectivity index (χ0) is 23.5. The van der Waals surface area contributed by atoms with Gasteiger partial charge >= 0.3 is 5.69 Å². The molecule has 1 aromatic carbocycles. The van der Waals surface area contributed by atoms with E-state index in [0.29, 0.717) is 75.7 Å². The summed E-state index contributed by atoms with van der Waals surface area (Å²) in [5, 5.41) is 5.76. The summed E-state index contributed by atoms with van der Waals surface area (Å²) in [6, 6.07) is 5.30. The molecule has 0 unspecified atom stereocenters. The number of benzene rings is 1. The number of ether oxygens (including phenoxy) is 5. The molecule has 33 heavy (non-hydrogen) atoms. The normalized spacial score (nSPS) is 11.7. The molecule has 180 valence electrons. The van der Waals surface area contributed by atoms with Crippen LogP contribution in [0.15, 0.2) is 29.2 Å². The average molecular weight is 463 g/mol. The van der Waals surface area contributed by atoms with Crippen molar-refractivity contribution >= 4 is 17.4 Å². The first-order valence-corrected chi connectivity index (χ1v) is 10.6. The summed E-state index contributed by atoms with van der Waals surface area (Å²) in [7, 11) is 1.61. The Morgan fingerprint density at radius 1 is 1.15 bits per heavy atom. The van der Waals surface area contributed by atoms with Gasteiger partial charge in [-0.25, -0.2) is 4.79 Å². The Kier molecular flexibility index (Phi) is 9.44. The van der Waals surface area contributed by atoms with E-state index in [4.69, 9.17) is 29.4 Å². The molecule has 1 aromatic heterocycles. The maximum Gasteiger partial charge on any atom is 0.350 e. The number of rotatable bonds is 14. The highest BCUT2D eigenvalue weighted by Crippen LogP contribution is 2.44. The second-order valence-corrected chi connectivity index (χ2v) is 6.93. The van der Waals surface area contributed by atoms with E-state index < -0.39 is 5.69 Å². The predicted molar refractivity (Wildman–Crippen MR) is 119 cm³/mol. The van der Waals surface area contributed by atoms with Gasteiger partial charge in [-0.15, -0.1) is 0 Å². The Labute approximate surface area is 190 Å². The summed E-state index contributed by atoms with van der Waals surface area (Å²) in [6.45, 7) is 3.04. The molecule has 0 radical (unpaired) electrons. The second kappa shape index (κ2) is 12.7. The lowest BCUT2D eigenvalue weighted by atomic mass is 10.2. The first-order valence-electron chi connectivity index (χ1n) is 10.6. The van der Waals surface area contributed by atoms with Gasteiger partial charge in [-0.2, -0.15) is 4.98 Å². The molecular formula is C21H29N5O7. The number of amides is 1. The van der Waals surface area contributed by atoms with Crippen molar-refractivity contribution in [3.05, 3.63) is 34.9 Å². The number of aromatic nitrogens is 2. The van der Waals surface area contributed by atoms with E-state index in [9.17, 15) is 9.59 Å². The Hall–Kier alpha value is -3.19. The van der Waals surface area contributed by atoms with E-state index in [2.05, 4.69) is 15.6 Å². The van der Waals surface area contributed by atoms with Crippen LogP contribution in [0.4, 0.5) is 11.5 Å². The SMILES string of the molecule is COCCOCCOCCNC(=O)Cn1cc2c(nc1=O)Nc1c(OCCN)cccc1O2. The van der Waals surface area contributed by atoms with E-state index >= 15 is 0 Å². The summed E-state index contributed by atoms with van der Waals surface area (Å²) < 4.78 is 28.2. The summed E-state index contributed by atoms with van der Waals surface area (Å²) in [4.78, 5) is 28.6.